The second kappa shape index (κ2) is 3.91. The number of nitrogens with zero attached hydrogens (tertiary/aromatic N) is 1. The van der Waals surface area contributed by atoms with Crippen molar-refractivity contribution in [3.63, 3.8) is 0 Å². The van der Waals surface area contributed by atoms with Crippen molar-refractivity contribution in [2.75, 3.05) is 19.8 Å². The van der Waals surface area contributed by atoms with E-state index in [0.717, 1.165) is 24.4 Å². The maximum Gasteiger partial charge on any atom is 0.104 e. The zero-order chi connectivity index (χ0) is 11.9. The van der Waals surface area contributed by atoms with E-state index < -0.39 is 5.54 Å². The van der Waals surface area contributed by atoms with E-state index in [-0.39, 0.29) is 19.1 Å². The van der Waals surface area contributed by atoms with Gasteiger partial charge in [-0.25, -0.2) is 0 Å². The molecule has 3 rings (SSSR count). The van der Waals surface area contributed by atoms with Crippen molar-refractivity contribution >= 4 is 11.4 Å². The summed E-state index contributed by atoms with van der Waals surface area (Å²) in [6.07, 6.45) is 0.970. The first-order valence-corrected chi connectivity index (χ1v) is 5.95. The molecule has 0 radical (unpaired) electrons. The highest BCUT2D eigenvalue weighted by Crippen LogP contribution is 2.42. The third-order valence-electron chi connectivity index (χ3n) is 3.81. The molecule has 90 valence electrons. The van der Waals surface area contributed by atoms with E-state index >= 15 is 0 Å². The summed E-state index contributed by atoms with van der Waals surface area (Å²) in [4.78, 5) is 4.60. The minimum absolute atomic E-state index is 0.118. The van der Waals surface area contributed by atoms with Crippen LogP contribution in [0, 0.1) is 0 Å². The molecule has 1 unspecified atom stereocenters. The van der Waals surface area contributed by atoms with E-state index in [1.165, 1.54) is 5.56 Å². The van der Waals surface area contributed by atoms with Crippen LogP contribution in [0.1, 0.15) is 17.9 Å². The molecule has 1 saturated heterocycles. The topological polar surface area (TPSA) is 64.8 Å². The third-order valence-corrected chi connectivity index (χ3v) is 3.81. The summed E-state index contributed by atoms with van der Waals surface area (Å²) in [7, 11) is 0. The molecule has 4 heteroatoms. The van der Waals surface area contributed by atoms with Gasteiger partial charge in [0.2, 0.25) is 0 Å². The Kier molecular flexibility index (Phi) is 2.50. The van der Waals surface area contributed by atoms with Crippen LogP contribution in [-0.2, 0) is 0 Å². The van der Waals surface area contributed by atoms with E-state index in [1.807, 2.05) is 18.2 Å². The number of hydrogen-bond donors (Lipinski definition) is 3. The summed E-state index contributed by atoms with van der Waals surface area (Å²) in [5, 5.41) is 22.3. The molecule has 2 aliphatic rings. The minimum atomic E-state index is -0.748. The average Bonchev–Trinajstić information content (AvgIpc) is 2.77. The van der Waals surface area contributed by atoms with Crippen molar-refractivity contribution in [1.82, 2.24) is 5.32 Å². The highest BCUT2D eigenvalue weighted by Gasteiger charge is 2.45. The van der Waals surface area contributed by atoms with Crippen LogP contribution in [-0.4, -0.2) is 41.2 Å². The summed E-state index contributed by atoms with van der Waals surface area (Å²) in [5.41, 5.74) is 2.33. The van der Waals surface area contributed by atoms with E-state index in [4.69, 9.17) is 0 Å². The Morgan fingerprint density at radius 3 is 2.82 bits per heavy atom. The number of aliphatic hydroxyl groups is 2. The summed E-state index contributed by atoms with van der Waals surface area (Å²) >= 11 is 0. The van der Waals surface area contributed by atoms with Gasteiger partial charge in [-0.1, -0.05) is 18.2 Å². The predicted octanol–water partition coefficient (Wildman–Crippen LogP) is 0.573. The number of aliphatic imine (C=N–C) groups is 1. The number of nitrogens with one attached hydrogen (secondary N) is 1. The van der Waals surface area contributed by atoms with Crippen LogP contribution in [0.2, 0.25) is 0 Å². The molecule has 0 aromatic heterocycles. The Morgan fingerprint density at radius 2 is 2.06 bits per heavy atom. The van der Waals surface area contributed by atoms with Crippen molar-refractivity contribution in [3.8, 4) is 0 Å². The fourth-order valence-electron chi connectivity index (χ4n) is 2.84. The lowest BCUT2D eigenvalue weighted by Crippen LogP contribution is -2.62. The van der Waals surface area contributed by atoms with Crippen molar-refractivity contribution in [1.29, 1.82) is 0 Å². The maximum absolute atomic E-state index is 9.56. The summed E-state index contributed by atoms with van der Waals surface area (Å²) in [6.45, 7) is 0.554. The number of hydrogen-bond acceptors (Lipinski definition) is 4. The lowest BCUT2D eigenvalue weighted by atomic mass is 9.78. The van der Waals surface area contributed by atoms with Crippen LogP contribution in [0.5, 0.6) is 0 Å². The Morgan fingerprint density at radius 1 is 1.29 bits per heavy atom. The lowest BCUT2D eigenvalue weighted by molar-refractivity contribution is 0.128. The monoisotopic (exact) mass is 232 g/mol. The number of para-hydroxylation sites is 1. The molecule has 1 aromatic rings. The Bertz CT molecular complexity index is 466. The third kappa shape index (κ3) is 1.45. The highest BCUT2D eigenvalue weighted by atomic mass is 16.3. The highest BCUT2D eigenvalue weighted by molar-refractivity contribution is 6.05. The van der Waals surface area contributed by atoms with Crippen molar-refractivity contribution in [2.45, 2.75) is 17.9 Å². The molecular weight excluding hydrogens is 216 g/mol. The zero-order valence-corrected chi connectivity index (χ0v) is 9.56. The molecule has 0 amide bonds. The predicted molar refractivity (Wildman–Crippen MR) is 65.8 cm³/mol. The summed E-state index contributed by atoms with van der Waals surface area (Å²) in [6, 6.07) is 8.05. The van der Waals surface area contributed by atoms with Gasteiger partial charge in [0.05, 0.1) is 24.6 Å². The van der Waals surface area contributed by atoms with Crippen LogP contribution in [0.4, 0.5) is 5.69 Å². The van der Waals surface area contributed by atoms with Crippen LogP contribution in [0.25, 0.3) is 0 Å². The van der Waals surface area contributed by atoms with Gasteiger partial charge in [0.25, 0.3) is 0 Å². The number of fused-ring (bicyclic) bond motifs is 3. The molecule has 4 nitrogen and oxygen atoms in total. The van der Waals surface area contributed by atoms with E-state index in [9.17, 15) is 10.2 Å². The van der Waals surface area contributed by atoms with Crippen LogP contribution in [0.3, 0.4) is 0 Å². The number of rotatable bonds is 2. The minimum Gasteiger partial charge on any atom is -0.394 e. The van der Waals surface area contributed by atoms with Crippen molar-refractivity contribution in [2.24, 2.45) is 4.99 Å². The molecule has 0 spiro atoms. The Labute approximate surface area is 100 Å². The molecule has 1 fully saturated rings. The summed E-state index contributed by atoms with van der Waals surface area (Å²) in [5.74, 6) is 0.242. The van der Waals surface area contributed by atoms with Gasteiger partial charge < -0.3 is 15.5 Å². The van der Waals surface area contributed by atoms with Gasteiger partial charge in [-0.05, 0) is 24.6 Å². The average molecular weight is 232 g/mol. The quantitative estimate of drug-likeness (QED) is 0.698. The second-order valence-electron chi connectivity index (χ2n) is 4.72. The SMILES string of the molecule is OCC1(CO)NCCC2C1=Nc1ccccc12. The van der Waals surface area contributed by atoms with Crippen LogP contribution >= 0.6 is 0 Å². The Balaban J connectivity index is 2.08. The first kappa shape index (κ1) is 10.9. The van der Waals surface area contributed by atoms with Gasteiger partial charge in [-0.3, -0.25) is 4.99 Å². The van der Waals surface area contributed by atoms with Gasteiger partial charge in [-0.2, -0.15) is 0 Å². The molecule has 1 aromatic carbocycles. The lowest BCUT2D eigenvalue weighted by Gasteiger charge is -2.39. The largest absolute Gasteiger partial charge is 0.394 e. The number of piperidine rings is 1. The van der Waals surface area contributed by atoms with Gasteiger partial charge in [0.15, 0.2) is 0 Å². The fourth-order valence-corrected chi connectivity index (χ4v) is 2.84. The molecule has 0 saturated carbocycles. The van der Waals surface area contributed by atoms with Crippen LogP contribution < -0.4 is 5.32 Å². The molecular formula is C13H16N2O2. The molecule has 2 aliphatic heterocycles. The molecule has 0 aliphatic carbocycles. The molecule has 0 bridgehead atoms. The standard InChI is InChI=1S/C13H16N2O2/c16-7-13(8-17)12-10(5-6-14-13)9-3-1-2-4-11(9)15-12/h1-4,10,14,16-17H,5-8H2. The van der Waals surface area contributed by atoms with Gasteiger partial charge in [0, 0.05) is 5.92 Å². The molecule has 3 N–H and O–H groups in total. The first-order chi connectivity index (χ1) is 8.30. The molecule has 1 atom stereocenters. The van der Waals surface area contributed by atoms with Gasteiger partial charge in [-0.15, -0.1) is 0 Å². The van der Waals surface area contributed by atoms with Crippen molar-refractivity contribution < 1.29 is 10.2 Å². The van der Waals surface area contributed by atoms with Gasteiger partial charge >= 0.3 is 0 Å². The van der Waals surface area contributed by atoms with E-state index in [1.54, 1.807) is 0 Å². The maximum atomic E-state index is 9.56. The van der Waals surface area contributed by atoms with Crippen molar-refractivity contribution in [3.05, 3.63) is 29.8 Å². The zero-order valence-electron chi connectivity index (χ0n) is 9.56. The Hall–Kier alpha value is -1.23. The van der Waals surface area contributed by atoms with Gasteiger partial charge in [0.1, 0.15) is 5.54 Å². The van der Waals surface area contributed by atoms with E-state index in [2.05, 4.69) is 16.4 Å². The number of aliphatic hydroxyl groups excluding tert-OH is 2. The smallest absolute Gasteiger partial charge is 0.104 e. The second-order valence-corrected chi connectivity index (χ2v) is 4.72. The normalized spacial score (nSPS) is 25.1. The summed E-state index contributed by atoms with van der Waals surface area (Å²) < 4.78 is 0. The number of benzene rings is 1. The first-order valence-electron chi connectivity index (χ1n) is 5.95. The fraction of sp³-hybridized carbons (Fsp3) is 0.462. The van der Waals surface area contributed by atoms with Crippen LogP contribution in [0.15, 0.2) is 29.3 Å². The molecule has 17 heavy (non-hydrogen) atoms. The van der Waals surface area contributed by atoms with E-state index in [0.29, 0.717) is 0 Å². The molecule has 2 heterocycles.